The molecule has 5 rings (SSSR count). The second-order valence-corrected chi connectivity index (χ2v) is 8.46. The summed E-state index contributed by atoms with van der Waals surface area (Å²) in [5, 5.41) is 7.53. The van der Waals surface area contributed by atoms with E-state index in [2.05, 4.69) is 5.32 Å². The standard InChI is InChI=1S/C28H26N4O5/c1-31(19-26(33)29-17-23-8-5-13-35-23)27(34)12-10-21-18-32(22-6-3-2-4-7-22)30-28(21)20-9-11-24-25(16-20)37-15-14-36-24/h2-13,16,18H,14-15,17,19H2,1H3,(H,29,33). The van der Waals surface area contributed by atoms with Crippen molar-refractivity contribution in [3.8, 4) is 28.4 Å². The molecule has 3 heterocycles. The zero-order valence-corrected chi connectivity index (χ0v) is 20.3. The number of amides is 2. The van der Waals surface area contributed by atoms with Gasteiger partial charge < -0.3 is 24.1 Å². The normalized spacial score (nSPS) is 12.5. The van der Waals surface area contributed by atoms with Crippen LogP contribution >= 0.6 is 0 Å². The third-order valence-electron chi connectivity index (χ3n) is 5.78. The molecule has 2 aromatic carbocycles. The zero-order chi connectivity index (χ0) is 25.6. The molecular weight excluding hydrogens is 472 g/mol. The molecule has 1 aliphatic heterocycles. The van der Waals surface area contributed by atoms with Crippen LogP contribution in [0.4, 0.5) is 0 Å². The Labute approximate surface area is 213 Å². The van der Waals surface area contributed by atoms with E-state index in [1.807, 2.05) is 54.7 Å². The lowest BCUT2D eigenvalue weighted by Gasteiger charge is -2.18. The molecule has 0 atom stereocenters. The average Bonchev–Trinajstić information content (AvgIpc) is 3.61. The van der Waals surface area contributed by atoms with Gasteiger partial charge in [-0.1, -0.05) is 18.2 Å². The first-order chi connectivity index (χ1) is 18.1. The molecule has 0 unspecified atom stereocenters. The highest BCUT2D eigenvalue weighted by Gasteiger charge is 2.17. The topological polar surface area (TPSA) is 98.8 Å². The fourth-order valence-electron chi connectivity index (χ4n) is 3.87. The molecule has 4 aromatic rings. The second-order valence-electron chi connectivity index (χ2n) is 8.46. The number of fused-ring (bicyclic) bond motifs is 1. The average molecular weight is 499 g/mol. The van der Waals surface area contributed by atoms with E-state index < -0.39 is 0 Å². The predicted molar refractivity (Wildman–Crippen MR) is 137 cm³/mol. The van der Waals surface area contributed by atoms with Crippen LogP contribution in [0.5, 0.6) is 11.5 Å². The van der Waals surface area contributed by atoms with E-state index in [1.54, 1.807) is 36.2 Å². The molecule has 0 spiro atoms. The Morgan fingerprint density at radius 2 is 1.86 bits per heavy atom. The Morgan fingerprint density at radius 1 is 1.05 bits per heavy atom. The maximum atomic E-state index is 12.8. The van der Waals surface area contributed by atoms with Gasteiger partial charge in [0.2, 0.25) is 11.8 Å². The van der Waals surface area contributed by atoms with Crippen molar-refractivity contribution in [1.29, 1.82) is 0 Å². The molecule has 9 nitrogen and oxygen atoms in total. The SMILES string of the molecule is CN(CC(=O)NCc1ccco1)C(=O)C=Cc1cn(-c2ccccc2)nc1-c1ccc2c(c1)OCCO2. The third-order valence-corrected chi connectivity index (χ3v) is 5.78. The molecule has 2 aromatic heterocycles. The van der Waals surface area contributed by atoms with Gasteiger partial charge in [-0.3, -0.25) is 9.59 Å². The van der Waals surface area contributed by atoms with Gasteiger partial charge in [-0.05, 0) is 48.5 Å². The maximum absolute atomic E-state index is 12.8. The lowest BCUT2D eigenvalue weighted by atomic mass is 10.1. The van der Waals surface area contributed by atoms with Crippen molar-refractivity contribution >= 4 is 17.9 Å². The van der Waals surface area contributed by atoms with Crippen LogP contribution in [0.15, 0.2) is 83.6 Å². The number of para-hydroxylation sites is 1. The van der Waals surface area contributed by atoms with Gasteiger partial charge in [0.05, 0.1) is 25.0 Å². The molecule has 0 saturated heterocycles. The molecule has 188 valence electrons. The number of carbonyl (C=O) groups excluding carboxylic acids is 2. The van der Waals surface area contributed by atoms with Gasteiger partial charge in [0.15, 0.2) is 11.5 Å². The molecule has 37 heavy (non-hydrogen) atoms. The van der Waals surface area contributed by atoms with Crippen molar-refractivity contribution in [2.75, 3.05) is 26.8 Å². The van der Waals surface area contributed by atoms with E-state index in [4.69, 9.17) is 19.0 Å². The minimum atomic E-state index is -0.311. The summed E-state index contributed by atoms with van der Waals surface area (Å²) in [6.45, 7) is 1.18. The van der Waals surface area contributed by atoms with Gasteiger partial charge in [-0.15, -0.1) is 0 Å². The highest BCUT2D eigenvalue weighted by atomic mass is 16.6. The number of benzene rings is 2. The van der Waals surface area contributed by atoms with E-state index in [1.165, 1.54) is 11.0 Å². The molecule has 0 radical (unpaired) electrons. The number of rotatable bonds is 8. The van der Waals surface area contributed by atoms with E-state index in [0.29, 0.717) is 36.2 Å². The number of hydrogen-bond donors (Lipinski definition) is 1. The van der Waals surface area contributed by atoms with Gasteiger partial charge >= 0.3 is 0 Å². The summed E-state index contributed by atoms with van der Waals surface area (Å²) in [6, 6.07) is 18.9. The fraction of sp³-hybridized carbons (Fsp3) is 0.179. The van der Waals surface area contributed by atoms with E-state index in [-0.39, 0.29) is 24.9 Å². The summed E-state index contributed by atoms with van der Waals surface area (Å²) in [5.74, 6) is 1.40. The molecule has 0 aliphatic carbocycles. The summed E-state index contributed by atoms with van der Waals surface area (Å²) in [5.41, 5.74) is 3.14. The molecule has 0 fully saturated rings. The van der Waals surface area contributed by atoms with E-state index in [0.717, 1.165) is 16.8 Å². The second kappa shape index (κ2) is 10.9. The smallest absolute Gasteiger partial charge is 0.246 e. The lowest BCUT2D eigenvalue weighted by Crippen LogP contribution is -2.37. The minimum absolute atomic E-state index is 0.0812. The number of furan rings is 1. The van der Waals surface area contributed by atoms with Gasteiger partial charge in [-0.2, -0.15) is 5.10 Å². The molecule has 0 bridgehead atoms. The van der Waals surface area contributed by atoms with Crippen molar-refractivity contribution in [3.63, 3.8) is 0 Å². The quantitative estimate of drug-likeness (QED) is 0.372. The van der Waals surface area contributed by atoms with Gasteiger partial charge in [-0.25, -0.2) is 4.68 Å². The van der Waals surface area contributed by atoms with Crippen LogP contribution < -0.4 is 14.8 Å². The number of likely N-dealkylation sites (N-methyl/N-ethyl adjacent to an activating group) is 1. The fourth-order valence-corrected chi connectivity index (χ4v) is 3.87. The van der Waals surface area contributed by atoms with Crippen LogP contribution in [0.25, 0.3) is 23.0 Å². The van der Waals surface area contributed by atoms with Crippen LogP contribution in [0.1, 0.15) is 11.3 Å². The molecular formula is C28H26N4O5. The molecule has 9 heteroatoms. The number of ether oxygens (including phenoxy) is 2. The Balaban J connectivity index is 1.34. The van der Waals surface area contributed by atoms with E-state index in [9.17, 15) is 9.59 Å². The monoisotopic (exact) mass is 498 g/mol. The van der Waals surface area contributed by atoms with Crippen LogP contribution in [0.2, 0.25) is 0 Å². The van der Waals surface area contributed by atoms with Crippen molar-refractivity contribution in [2.45, 2.75) is 6.54 Å². The van der Waals surface area contributed by atoms with Crippen LogP contribution in [-0.4, -0.2) is 53.3 Å². The van der Waals surface area contributed by atoms with E-state index >= 15 is 0 Å². The Bertz CT molecular complexity index is 1410. The van der Waals surface area contributed by atoms with Crippen LogP contribution in [0.3, 0.4) is 0 Å². The third kappa shape index (κ3) is 5.72. The Kier molecular flexibility index (Phi) is 7.02. The number of carbonyl (C=O) groups is 2. The Morgan fingerprint density at radius 3 is 2.65 bits per heavy atom. The molecule has 1 N–H and O–H groups in total. The zero-order valence-electron chi connectivity index (χ0n) is 20.3. The summed E-state index contributed by atoms with van der Waals surface area (Å²) >= 11 is 0. The summed E-state index contributed by atoms with van der Waals surface area (Å²) in [7, 11) is 1.58. The largest absolute Gasteiger partial charge is 0.486 e. The highest BCUT2D eigenvalue weighted by Crippen LogP contribution is 2.35. The lowest BCUT2D eigenvalue weighted by molar-refractivity contribution is -0.131. The number of nitrogens with zero attached hydrogens (tertiary/aromatic N) is 3. The van der Waals surface area contributed by atoms with Gasteiger partial charge in [0.25, 0.3) is 0 Å². The molecule has 0 saturated carbocycles. The molecule has 1 aliphatic rings. The highest BCUT2D eigenvalue weighted by molar-refractivity contribution is 5.95. The number of aromatic nitrogens is 2. The number of nitrogens with one attached hydrogen (secondary N) is 1. The summed E-state index contributed by atoms with van der Waals surface area (Å²) < 4.78 is 18.4. The maximum Gasteiger partial charge on any atom is 0.246 e. The van der Waals surface area contributed by atoms with Gasteiger partial charge in [0, 0.05) is 30.4 Å². The predicted octanol–water partition coefficient (Wildman–Crippen LogP) is 3.69. The van der Waals surface area contributed by atoms with Crippen LogP contribution in [-0.2, 0) is 16.1 Å². The summed E-state index contributed by atoms with van der Waals surface area (Å²) in [6.07, 6.45) is 6.55. The van der Waals surface area contributed by atoms with Crippen molar-refractivity contribution in [1.82, 2.24) is 20.0 Å². The van der Waals surface area contributed by atoms with Crippen molar-refractivity contribution in [3.05, 3.63) is 90.5 Å². The van der Waals surface area contributed by atoms with Gasteiger partial charge in [0.1, 0.15) is 24.7 Å². The minimum Gasteiger partial charge on any atom is -0.486 e. The van der Waals surface area contributed by atoms with Crippen molar-refractivity contribution < 1.29 is 23.5 Å². The first-order valence-electron chi connectivity index (χ1n) is 11.8. The number of hydrogen-bond acceptors (Lipinski definition) is 6. The van der Waals surface area contributed by atoms with Crippen molar-refractivity contribution in [2.24, 2.45) is 0 Å². The van der Waals surface area contributed by atoms with Crippen LogP contribution in [0, 0.1) is 0 Å². The Hall–Kier alpha value is -4.79. The first kappa shape index (κ1) is 23.9. The first-order valence-corrected chi connectivity index (χ1v) is 11.8. The molecule has 2 amide bonds. The summed E-state index contributed by atoms with van der Waals surface area (Å²) in [4.78, 5) is 26.4.